The third kappa shape index (κ3) is 1.95. The number of piperidine rings is 1. The van der Waals surface area contributed by atoms with Gasteiger partial charge in [-0.1, -0.05) is 6.92 Å². The van der Waals surface area contributed by atoms with E-state index in [1.807, 2.05) is 4.90 Å². The van der Waals surface area contributed by atoms with Crippen LogP contribution in [0.25, 0.3) is 0 Å². The number of amides is 1. The molecular weight excluding hydrogens is 138 g/mol. The minimum absolute atomic E-state index is 0.226. The van der Waals surface area contributed by atoms with Gasteiger partial charge in [-0.25, -0.2) is 0 Å². The van der Waals surface area contributed by atoms with Crippen LogP contribution in [0.5, 0.6) is 0 Å². The van der Waals surface area contributed by atoms with Crippen molar-refractivity contribution in [3.05, 3.63) is 0 Å². The number of hydrogen-bond donors (Lipinski definition) is 0. The summed E-state index contributed by atoms with van der Waals surface area (Å²) >= 11 is 0. The summed E-state index contributed by atoms with van der Waals surface area (Å²) in [7, 11) is 0. The summed E-state index contributed by atoms with van der Waals surface area (Å²) in [6, 6.07) is 0.455. The van der Waals surface area contributed by atoms with E-state index in [0.29, 0.717) is 6.04 Å². The van der Waals surface area contributed by atoms with Crippen molar-refractivity contribution in [2.45, 2.75) is 39.7 Å². The Balaban J connectivity index is 2.50. The molecule has 2 atom stereocenters. The van der Waals surface area contributed by atoms with Gasteiger partial charge in [-0.15, -0.1) is 0 Å². The van der Waals surface area contributed by atoms with Gasteiger partial charge < -0.3 is 4.90 Å². The van der Waals surface area contributed by atoms with E-state index in [0.717, 1.165) is 12.5 Å². The van der Waals surface area contributed by atoms with Crippen molar-refractivity contribution in [2.24, 2.45) is 5.92 Å². The Hall–Kier alpha value is -0.530. The molecule has 1 rings (SSSR count). The quantitative estimate of drug-likeness (QED) is 0.521. The van der Waals surface area contributed by atoms with E-state index in [2.05, 4.69) is 13.8 Å². The summed E-state index contributed by atoms with van der Waals surface area (Å²) in [6.07, 6.45) is 2.34. The van der Waals surface area contributed by atoms with Crippen LogP contribution in [0.15, 0.2) is 0 Å². The first-order chi connectivity index (χ1) is 5.11. The molecule has 1 amide bonds. The zero-order chi connectivity index (χ0) is 8.43. The Morgan fingerprint density at radius 3 is 2.55 bits per heavy atom. The van der Waals surface area contributed by atoms with Gasteiger partial charge >= 0.3 is 0 Å². The highest BCUT2D eigenvalue weighted by molar-refractivity contribution is 5.73. The van der Waals surface area contributed by atoms with Gasteiger partial charge in [0, 0.05) is 19.5 Å². The Kier molecular flexibility index (Phi) is 2.53. The molecule has 0 saturated carbocycles. The van der Waals surface area contributed by atoms with Crippen LogP contribution in [-0.4, -0.2) is 23.4 Å². The lowest BCUT2D eigenvalue weighted by molar-refractivity contribution is -0.132. The second-order valence-corrected chi connectivity index (χ2v) is 3.69. The standard InChI is InChI=1S/C9H17NO/c1-7-4-5-10(9(3)11)8(2)6-7/h7-8H,4-6H2,1-3H3. The van der Waals surface area contributed by atoms with Gasteiger partial charge in [-0.2, -0.15) is 0 Å². The van der Waals surface area contributed by atoms with E-state index >= 15 is 0 Å². The maximum absolute atomic E-state index is 11.0. The molecule has 11 heavy (non-hydrogen) atoms. The monoisotopic (exact) mass is 155 g/mol. The molecule has 1 heterocycles. The van der Waals surface area contributed by atoms with Crippen LogP contribution in [0, 0.1) is 5.92 Å². The second-order valence-electron chi connectivity index (χ2n) is 3.69. The van der Waals surface area contributed by atoms with Crippen molar-refractivity contribution in [1.29, 1.82) is 0 Å². The molecule has 0 radical (unpaired) electrons. The molecule has 2 nitrogen and oxygen atoms in total. The highest BCUT2D eigenvalue weighted by atomic mass is 16.2. The number of carbonyl (C=O) groups is 1. The van der Waals surface area contributed by atoms with Gasteiger partial charge in [0.1, 0.15) is 0 Å². The van der Waals surface area contributed by atoms with Crippen molar-refractivity contribution < 1.29 is 4.79 Å². The fraction of sp³-hybridized carbons (Fsp3) is 0.889. The summed E-state index contributed by atoms with van der Waals surface area (Å²) in [5.74, 6) is 1.02. The zero-order valence-electron chi connectivity index (χ0n) is 7.63. The number of carbonyl (C=O) groups excluding carboxylic acids is 1. The van der Waals surface area contributed by atoms with E-state index in [1.165, 1.54) is 12.8 Å². The highest BCUT2D eigenvalue weighted by Crippen LogP contribution is 2.21. The minimum Gasteiger partial charge on any atom is -0.340 e. The molecule has 0 aliphatic carbocycles. The molecule has 1 aliphatic rings. The van der Waals surface area contributed by atoms with Crippen LogP contribution in [0.1, 0.15) is 33.6 Å². The molecule has 0 aromatic carbocycles. The average molecular weight is 155 g/mol. The predicted molar refractivity (Wildman–Crippen MR) is 45.2 cm³/mol. The summed E-state index contributed by atoms with van der Waals surface area (Å²) in [5.41, 5.74) is 0. The number of hydrogen-bond acceptors (Lipinski definition) is 1. The van der Waals surface area contributed by atoms with Gasteiger partial charge in [0.25, 0.3) is 0 Å². The first-order valence-electron chi connectivity index (χ1n) is 4.38. The van der Waals surface area contributed by atoms with Crippen LogP contribution in [0.3, 0.4) is 0 Å². The average Bonchev–Trinajstić information content (AvgIpc) is 1.85. The maximum Gasteiger partial charge on any atom is 0.219 e. The van der Waals surface area contributed by atoms with Crippen molar-refractivity contribution in [3.8, 4) is 0 Å². The van der Waals surface area contributed by atoms with E-state index in [-0.39, 0.29) is 5.91 Å². The lowest BCUT2D eigenvalue weighted by Crippen LogP contribution is -2.42. The molecular formula is C9H17NO. The number of nitrogens with zero attached hydrogens (tertiary/aromatic N) is 1. The Labute approximate surface area is 68.6 Å². The number of rotatable bonds is 0. The largest absolute Gasteiger partial charge is 0.340 e. The molecule has 2 heteroatoms. The molecule has 1 fully saturated rings. The van der Waals surface area contributed by atoms with Crippen molar-refractivity contribution in [3.63, 3.8) is 0 Å². The Morgan fingerprint density at radius 2 is 2.09 bits per heavy atom. The predicted octanol–water partition coefficient (Wildman–Crippen LogP) is 1.65. The third-order valence-corrected chi connectivity index (χ3v) is 2.54. The van der Waals surface area contributed by atoms with Crippen molar-refractivity contribution in [2.75, 3.05) is 6.54 Å². The summed E-state index contributed by atoms with van der Waals surface area (Å²) < 4.78 is 0. The molecule has 1 aliphatic heterocycles. The molecule has 0 spiro atoms. The Morgan fingerprint density at radius 1 is 1.45 bits per heavy atom. The number of likely N-dealkylation sites (tertiary alicyclic amines) is 1. The van der Waals surface area contributed by atoms with Crippen LogP contribution in [0.2, 0.25) is 0 Å². The molecule has 0 bridgehead atoms. The van der Waals surface area contributed by atoms with Gasteiger partial charge in [-0.3, -0.25) is 4.79 Å². The highest BCUT2D eigenvalue weighted by Gasteiger charge is 2.23. The van der Waals surface area contributed by atoms with Gasteiger partial charge in [0.15, 0.2) is 0 Å². The van der Waals surface area contributed by atoms with Crippen LogP contribution < -0.4 is 0 Å². The molecule has 1 saturated heterocycles. The summed E-state index contributed by atoms with van der Waals surface area (Å²) in [6.45, 7) is 7.01. The smallest absolute Gasteiger partial charge is 0.219 e. The van der Waals surface area contributed by atoms with E-state index < -0.39 is 0 Å². The fourth-order valence-electron chi connectivity index (χ4n) is 1.88. The van der Waals surface area contributed by atoms with Crippen LogP contribution >= 0.6 is 0 Å². The Bertz CT molecular complexity index is 156. The van der Waals surface area contributed by atoms with Gasteiger partial charge in [-0.05, 0) is 25.7 Å². The minimum atomic E-state index is 0.226. The molecule has 0 aromatic rings. The van der Waals surface area contributed by atoms with E-state index in [4.69, 9.17) is 0 Å². The molecule has 64 valence electrons. The molecule has 0 aromatic heterocycles. The second kappa shape index (κ2) is 3.24. The lowest BCUT2D eigenvalue weighted by atomic mass is 9.93. The third-order valence-electron chi connectivity index (χ3n) is 2.54. The van der Waals surface area contributed by atoms with Crippen molar-refractivity contribution >= 4 is 5.91 Å². The van der Waals surface area contributed by atoms with Crippen molar-refractivity contribution in [1.82, 2.24) is 4.90 Å². The maximum atomic E-state index is 11.0. The SMILES string of the molecule is CC(=O)N1CCC(C)CC1C. The van der Waals surface area contributed by atoms with Gasteiger partial charge in [0.05, 0.1) is 0 Å². The van der Waals surface area contributed by atoms with Crippen LogP contribution in [-0.2, 0) is 4.79 Å². The summed E-state index contributed by atoms with van der Waals surface area (Å²) in [5, 5.41) is 0. The van der Waals surface area contributed by atoms with E-state index in [1.54, 1.807) is 6.92 Å². The lowest BCUT2D eigenvalue weighted by Gasteiger charge is -2.35. The zero-order valence-corrected chi connectivity index (χ0v) is 7.63. The fourth-order valence-corrected chi connectivity index (χ4v) is 1.88. The topological polar surface area (TPSA) is 20.3 Å². The molecule has 2 unspecified atom stereocenters. The first-order valence-corrected chi connectivity index (χ1v) is 4.38. The van der Waals surface area contributed by atoms with Gasteiger partial charge in [0.2, 0.25) is 5.91 Å². The normalized spacial score (nSPS) is 32.1. The molecule has 0 N–H and O–H groups in total. The van der Waals surface area contributed by atoms with E-state index in [9.17, 15) is 4.79 Å². The summed E-state index contributed by atoms with van der Waals surface area (Å²) in [4.78, 5) is 13.0. The first kappa shape index (κ1) is 8.57. The van der Waals surface area contributed by atoms with Crippen LogP contribution in [0.4, 0.5) is 0 Å².